The van der Waals surface area contributed by atoms with Crippen molar-refractivity contribution in [1.29, 1.82) is 0 Å². The van der Waals surface area contributed by atoms with E-state index in [-0.39, 0.29) is 12.6 Å². The summed E-state index contributed by atoms with van der Waals surface area (Å²) in [7, 11) is 0. The Morgan fingerprint density at radius 2 is 2.25 bits per heavy atom. The molecule has 6 nitrogen and oxygen atoms in total. The van der Waals surface area contributed by atoms with Crippen molar-refractivity contribution in [3.63, 3.8) is 0 Å². The van der Waals surface area contributed by atoms with Gasteiger partial charge in [0.1, 0.15) is 11.4 Å². The summed E-state index contributed by atoms with van der Waals surface area (Å²) in [6, 6.07) is 2.15. The molecule has 1 amide bonds. The molecule has 1 saturated heterocycles. The second-order valence-electron chi connectivity index (χ2n) is 5.14. The van der Waals surface area contributed by atoms with Crippen LogP contribution in [0.1, 0.15) is 41.5 Å². The van der Waals surface area contributed by atoms with Crippen LogP contribution in [0.4, 0.5) is 0 Å². The van der Waals surface area contributed by atoms with Gasteiger partial charge in [-0.15, -0.1) is 0 Å². The largest absolute Gasteiger partial charge is 0.491 e. The van der Waals surface area contributed by atoms with E-state index in [0.29, 0.717) is 24.5 Å². The molecule has 0 unspecified atom stereocenters. The van der Waals surface area contributed by atoms with Crippen LogP contribution in [0.3, 0.4) is 0 Å². The summed E-state index contributed by atoms with van der Waals surface area (Å²) in [4.78, 5) is 11.8. The number of aliphatic hydroxyl groups excluding tert-OH is 1. The van der Waals surface area contributed by atoms with Gasteiger partial charge in [0.05, 0.1) is 6.61 Å². The summed E-state index contributed by atoms with van der Waals surface area (Å²) in [6.07, 6.45) is 2.49. The maximum atomic E-state index is 11.8. The third-order valence-electron chi connectivity index (χ3n) is 3.66. The van der Waals surface area contributed by atoms with Crippen LogP contribution in [0.2, 0.25) is 0 Å². The van der Waals surface area contributed by atoms with Gasteiger partial charge in [-0.3, -0.25) is 4.79 Å². The molecule has 0 bridgehead atoms. The number of aliphatic hydroxyl groups is 1. The third-order valence-corrected chi connectivity index (χ3v) is 3.66. The number of hydrogen-bond donors (Lipinski definition) is 3. The van der Waals surface area contributed by atoms with Crippen molar-refractivity contribution in [3.05, 3.63) is 17.5 Å². The van der Waals surface area contributed by atoms with Crippen LogP contribution in [-0.4, -0.2) is 41.9 Å². The third kappa shape index (κ3) is 3.13. The van der Waals surface area contributed by atoms with E-state index in [1.54, 1.807) is 0 Å². The van der Waals surface area contributed by atoms with Crippen LogP contribution in [0.15, 0.2) is 6.07 Å². The van der Waals surface area contributed by atoms with Crippen molar-refractivity contribution in [2.24, 2.45) is 5.73 Å². The topological polar surface area (TPSA) is 89.5 Å². The van der Waals surface area contributed by atoms with Gasteiger partial charge < -0.3 is 25.5 Å². The molecule has 4 N–H and O–H groups in total. The molecule has 1 aliphatic rings. The zero-order valence-corrected chi connectivity index (χ0v) is 11.9. The number of nitrogens with zero attached hydrogens (tertiary/aromatic N) is 1. The van der Waals surface area contributed by atoms with Gasteiger partial charge in [0.15, 0.2) is 0 Å². The normalized spacial score (nSPS) is 16.3. The Bertz CT molecular complexity index is 464. The van der Waals surface area contributed by atoms with E-state index in [1.807, 2.05) is 17.6 Å². The average molecular weight is 281 g/mol. The van der Waals surface area contributed by atoms with Crippen molar-refractivity contribution in [2.75, 3.05) is 26.3 Å². The molecule has 0 saturated carbocycles. The predicted molar refractivity (Wildman–Crippen MR) is 76.0 cm³/mol. The zero-order valence-electron chi connectivity index (χ0n) is 11.9. The molecule has 0 atom stereocenters. The summed E-state index contributed by atoms with van der Waals surface area (Å²) >= 11 is 0. The van der Waals surface area contributed by atoms with Gasteiger partial charge in [-0.25, -0.2) is 0 Å². The summed E-state index contributed by atoms with van der Waals surface area (Å²) in [5.41, 5.74) is 6.98. The summed E-state index contributed by atoms with van der Waals surface area (Å²) < 4.78 is 7.61. The standard InChI is InChI=1S/C14H23N3O3/c1-10-9-12(20-8-2-7-18)13(14(15)19)17(10)11-3-5-16-6-4-11/h9,11,16,18H,2-8H2,1H3,(H2,15,19). The van der Waals surface area contributed by atoms with Gasteiger partial charge in [-0.05, 0) is 32.9 Å². The summed E-state index contributed by atoms with van der Waals surface area (Å²) in [6.45, 7) is 4.31. The van der Waals surface area contributed by atoms with Crippen molar-refractivity contribution in [2.45, 2.75) is 32.2 Å². The first-order valence-electron chi connectivity index (χ1n) is 7.11. The molecule has 0 aliphatic carbocycles. The van der Waals surface area contributed by atoms with Gasteiger partial charge in [0.25, 0.3) is 5.91 Å². The number of aryl methyl sites for hydroxylation is 1. The second-order valence-corrected chi connectivity index (χ2v) is 5.14. The Morgan fingerprint density at radius 1 is 1.55 bits per heavy atom. The van der Waals surface area contributed by atoms with Crippen molar-refractivity contribution < 1.29 is 14.6 Å². The number of nitrogens with two attached hydrogens (primary N) is 1. The molecule has 1 fully saturated rings. The van der Waals surface area contributed by atoms with E-state index in [4.69, 9.17) is 15.6 Å². The second kappa shape index (κ2) is 6.76. The predicted octanol–water partition coefficient (Wildman–Crippen LogP) is 0.581. The van der Waals surface area contributed by atoms with Crippen molar-refractivity contribution in [3.8, 4) is 5.75 Å². The van der Waals surface area contributed by atoms with E-state index >= 15 is 0 Å². The molecule has 2 rings (SSSR count). The SMILES string of the molecule is Cc1cc(OCCCO)c(C(N)=O)n1C1CCNCC1. The minimum absolute atomic E-state index is 0.0693. The Morgan fingerprint density at radius 3 is 2.85 bits per heavy atom. The first kappa shape index (κ1) is 14.9. The van der Waals surface area contributed by atoms with Crippen LogP contribution in [0.5, 0.6) is 5.75 Å². The van der Waals surface area contributed by atoms with Crippen LogP contribution in [0.25, 0.3) is 0 Å². The van der Waals surface area contributed by atoms with E-state index in [9.17, 15) is 4.79 Å². The molecule has 2 heterocycles. The Balaban J connectivity index is 2.27. The highest BCUT2D eigenvalue weighted by Gasteiger charge is 2.25. The number of carbonyl (C=O) groups is 1. The van der Waals surface area contributed by atoms with Crippen LogP contribution in [-0.2, 0) is 0 Å². The molecule has 1 aromatic rings. The van der Waals surface area contributed by atoms with E-state index < -0.39 is 5.91 Å². The van der Waals surface area contributed by atoms with Crippen LogP contribution >= 0.6 is 0 Å². The lowest BCUT2D eigenvalue weighted by molar-refractivity contribution is 0.0982. The number of ether oxygens (including phenoxy) is 1. The molecular weight excluding hydrogens is 258 g/mol. The quantitative estimate of drug-likeness (QED) is 0.665. The van der Waals surface area contributed by atoms with Gasteiger partial charge in [-0.2, -0.15) is 0 Å². The fraction of sp³-hybridized carbons (Fsp3) is 0.643. The fourth-order valence-corrected chi connectivity index (χ4v) is 2.75. The minimum atomic E-state index is -0.462. The molecule has 1 aliphatic heterocycles. The fourth-order valence-electron chi connectivity index (χ4n) is 2.75. The van der Waals surface area contributed by atoms with Gasteiger partial charge in [0, 0.05) is 30.8 Å². The lowest BCUT2D eigenvalue weighted by Gasteiger charge is -2.27. The number of aromatic nitrogens is 1. The van der Waals surface area contributed by atoms with Crippen LogP contribution < -0.4 is 15.8 Å². The Hall–Kier alpha value is -1.53. The molecule has 0 spiro atoms. The summed E-state index contributed by atoms with van der Waals surface area (Å²) in [5.74, 6) is 0.0672. The molecular formula is C14H23N3O3. The minimum Gasteiger partial charge on any atom is -0.491 e. The molecule has 0 aromatic carbocycles. The first-order valence-corrected chi connectivity index (χ1v) is 7.11. The van der Waals surface area contributed by atoms with Crippen molar-refractivity contribution >= 4 is 5.91 Å². The summed E-state index contributed by atoms with van der Waals surface area (Å²) in [5, 5.41) is 12.1. The smallest absolute Gasteiger partial charge is 0.269 e. The average Bonchev–Trinajstić information content (AvgIpc) is 2.77. The number of carbonyl (C=O) groups excluding carboxylic acids is 1. The van der Waals surface area contributed by atoms with E-state index in [2.05, 4.69) is 5.32 Å². The highest BCUT2D eigenvalue weighted by molar-refractivity contribution is 5.94. The number of piperidine rings is 1. The monoisotopic (exact) mass is 281 g/mol. The first-order chi connectivity index (χ1) is 9.65. The maximum Gasteiger partial charge on any atom is 0.269 e. The Labute approximate surface area is 118 Å². The number of rotatable bonds is 6. The van der Waals surface area contributed by atoms with Gasteiger partial charge in [-0.1, -0.05) is 0 Å². The van der Waals surface area contributed by atoms with Gasteiger partial charge >= 0.3 is 0 Å². The molecule has 112 valence electrons. The molecule has 0 radical (unpaired) electrons. The highest BCUT2D eigenvalue weighted by Crippen LogP contribution is 2.30. The van der Waals surface area contributed by atoms with E-state index in [1.165, 1.54) is 0 Å². The molecule has 6 heteroatoms. The molecule has 20 heavy (non-hydrogen) atoms. The highest BCUT2D eigenvalue weighted by atomic mass is 16.5. The van der Waals surface area contributed by atoms with Crippen LogP contribution in [0, 0.1) is 6.92 Å². The lowest BCUT2D eigenvalue weighted by Crippen LogP contribution is -2.32. The Kier molecular flexibility index (Phi) is 5.03. The van der Waals surface area contributed by atoms with E-state index in [0.717, 1.165) is 31.6 Å². The number of nitrogens with one attached hydrogen (secondary N) is 1. The zero-order chi connectivity index (χ0) is 14.5. The van der Waals surface area contributed by atoms with Crippen molar-refractivity contribution in [1.82, 2.24) is 9.88 Å². The van der Waals surface area contributed by atoms with Gasteiger partial charge in [0.2, 0.25) is 0 Å². The maximum absolute atomic E-state index is 11.8. The number of hydrogen-bond acceptors (Lipinski definition) is 4. The number of primary amides is 1. The lowest BCUT2D eigenvalue weighted by atomic mass is 10.1. The molecule has 1 aromatic heterocycles. The number of amides is 1.